The van der Waals surface area contributed by atoms with E-state index in [-0.39, 0.29) is 16.4 Å². The van der Waals surface area contributed by atoms with Crippen LogP contribution in [0.15, 0.2) is 52.9 Å². The Morgan fingerprint density at radius 3 is 2.45 bits per heavy atom. The van der Waals surface area contributed by atoms with Crippen LogP contribution in [0.2, 0.25) is 0 Å². The molecule has 1 unspecified atom stereocenters. The molecule has 0 bridgehead atoms. The summed E-state index contributed by atoms with van der Waals surface area (Å²) in [4.78, 5) is 15.6. The first-order valence-corrected chi connectivity index (χ1v) is 10.2. The number of aromatic carboxylic acids is 1. The number of thiazole rings is 1. The molecule has 0 spiro atoms. The number of hydrogen-bond donors (Lipinski definition) is 1. The molecule has 1 atom stereocenters. The van der Waals surface area contributed by atoms with E-state index in [9.17, 15) is 36.2 Å². The van der Waals surface area contributed by atoms with Crippen LogP contribution < -0.4 is 5.01 Å². The van der Waals surface area contributed by atoms with Crippen molar-refractivity contribution in [2.75, 3.05) is 5.01 Å². The Labute approximate surface area is 186 Å². The summed E-state index contributed by atoms with van der Waals surface area (Å²) < 4.78 is 79.3. The molecule has 0 saturated heterocycles. The number of aromatic nitrogens is 1. The molecule has 2 aromatic carbocycles. The van der Waals surface area contributed by atoms with Gasteiger partial charge in [0.1, 0.15) is 11.9 Å². The van der Waals surface area contributed by atoms with Gasteiger partial charge in [-0.1, -0.05) is 12.1 Å². The average molecular weight is 485 g/mol. The monoisotopic (exact) mass is 485 g/mol. The summed E-state index contributed by atoms with van der Waals surface area (Å²) in [6.45, 7) is 0. The van der Waals surface area contributed by atoms with Gasteiger partial charge in [0, 0.05) is 22.9 Å². The summed E-state index contributed by atoms with van der Waals surface area (Å²) in [7, 11) is 0. The van der Waals surface area contributed by atoms with Crippen LogP contribution >= 0.6 is 11.3 Å². The van der Waals surface area contributed by atoms with Crippen molar-refractivity contribution in [1.29, 1.82) is 0 Å². The van der Waals surface area contributed by atoms with Gasteiger partial charge in [0.05, 0.1) is 23.0 Å². The average Bonchev–Trinajstić information content (AvgIpc) is 3.14. The van der Waals surface area contributed by atoms with E-state index < -0.39 is 47.5 Å². The van der Waals surface area contributed by atoms with Crippen LogP contribution in [0.4, 0.5) is 31.5 Å². The molecule has 4 rings (SSSR count). The van der Waals surface area contributed by atoms with Crippen molar-refractivity contribution in [3.8, 4) is 11.3 Å². The number of halogens is 6. The summed E-state index contributed by atoms with van der Waals surface area (Å²) in [6.07, 6.45) is -3.98. The summed E-state index contributed by atoms with van der Waals surface area (Å²) in [5.74, 6) is -5.25. The van der Waals surface area contributed by atoms with Gasteiger partial charge in [0.15, 0.2) is 0 Å². The van der Waals surface area contributed by atoms with Crippen molar-refractivity contribution >= 4 is 28.7 Å². The summed E-state index contributed by atoms with van der Waals surface area (Å²) in [6, 6.07) is 5.84. The number of carbonyl (C=O) groups is 1. The molecule has 1 heterocycles. The van der Waals surface area contributed by atoms with Gasteiger partial charge in [0.25, 0.3) is 5.92 Å². The maximum absolute atomic E-state index is 13.8. The lowest BCUT2D eigenvalue weighted by atomic mass is 10.1. The van der Waals surface area contributed by atoms with Gasteiger partial charge >= 0.3 is 12.1 Å². The molecule has 0 aliphatic heterocycles. The third kappa shape index (κ3) is 4.85. The molecule has 0 radical (unpaired) electrons. The van der Waals surface area contributed by atoms with E-state index in [1.807, 2.05) is 0 Å². The number of alkyl halides is 5. The molecule has 12 heteroatoms. The van der Waals surface area contributed by atoms with E-state index in [4.69, 9.17) is 0 Å². The minimum atomic E-state index is -4.50. The zero-order valence-corrected chi connectivity index (χ0v) is 17.2. The number of carboxylic acids is 1. The van der Waals surface area contributed by atoms with Crippen LogP contribution in [-0.4, -0.2) is 34.2 Å². The first-order chi connectivity index (χ1) is 15.5. The van der Waals surface area contributed by atoms with Gasteiger partial charge < -0.3 is 5.11 Å². The molecule has 1 fully saturated rings. The van der Waals surface area contributed by atoms with Gasteiger partial charge in [-0.15, -0.1) is 11.3 Å². The Bertz CT molecular complexity index is 1220. The lowest BCUT2D eigenvalue weighted by Crippen LogP contribution is -2.24. The quantitative estimate of drug-likeness (QED) is 0.268. The first-order valence-electron chi connectivity index (χ1n) is 9.33. The second-order valence-electron chi connectivity index (χ2n) is 7.20. The minimum Gasteiger partial charge on any atom is -0.478 e. The molecule has 3 aromatic rings. The molecule has 1 aliphatic carbocycles. The lowest BCUT2D eigenvalue weighted by Gasteiger charge is -2.15. The fourth-order valence-electron chi connectivity index (χ4n) is 3.01. The predicted molar refractivity (Wildman–Crippen MR) is 109 cm³/mol. The Kier molecular flexibility index (Phi) is 5.64. The van der Waals surface area contributed by atoms with Crippen molar-refractivity contribution < 1.29 is 36.2 Å². The van der Waals surface area contributed by atoms with Crippen molar-refractivity contribution in [3.63, 3.8) is 0 Å². The van der Waals surface area contributed by atoms with Crippen LogP contribution in [0.25, 0.3) is 11.3 Å². The Morgan fingerprint density at radius 2 is 1.88 bits per heavy atom. The molecule has 172 valence electrons. The van der Waals surface area contributed by atoms with Crippen LogP contribution in [0.3, 0.4) is 0 Å². The third-order valence-electron chi connectivity index (χ3n) is 4.85. The zero-order valence-electron chi connectivity index (χ0n) is 16.4. The van der Waals surface area contributed by atoms with Crippen molar-refractivity contribution in [1.82, 2.24) is 4.98 Å². The largest absolute Gasteiger partial charge is 0.478 e. The number of hydrogen-bond acceptors (Lipinski definition) is 5. The van der Waals surface area contributed by atoms with Gasteiger partial charge in [-0.05, 0) is 30.3 Å². The normalized spacial score (nSPS) is 17.3. The number of hydrazone groups is 1. The molecule has 1 aliphatic rings. The molecule has 5 nitrogen and oxygen atoms in total. The van der Waals surface area contributed by atoms with E-state index in [0.29, 0.717) is 5.56 Å². The lowest BCUT2D eigenvalue weighted by molar-refractivity contribution is -0.137. The second kappa shape index (κ2) is 8.18. The standard InChI is InChI=1S/C21H13F6N3O2S/c22-14-6-3-12(15(7-14)18(31)32)9-28-30(17-8-20(17,23)24)19-29-16(10-33-19)11-1-4-13(5-2-11)21(25,26)27/h1-7,9-10,17H,8H2,(H,31,32)/b28-9+. The minimum absolute atomic E-state index is 0.00242. The van der Waals surface area contributed by atoms with Crippen molar-refractivity contribution in [3.05, 3.63) is 70.4 Å². The number of benzene rings is 2. The second-order valence-corrected chi connectivity index (χ2v) is 8.03. The van der Waals surface area contributed by atoms with Gasteiger partial charge in [0.2, 0.25) is 5.13 Å². The fourth-order valence-corrected chi connectivity index (χ4v) is 3.85. The molecule has 33 heavy (non-hydrogen) atoms. The van der Waals surface area contributed by atoms with Crippen molar-refractivity contribution in [2.45, 2.75) is 24.6 Å². The van der Waals surface area contributed by atoms with Crippen LogP contribution in [0.5, 0.6) is 0 Å². The molecule has 1 saturated carbocycles. The molecule has 1 aromatic heterocycles. The highest BCUT2D eigenvalue weighted by molar-refractivity contribution is 7.14. The molecule has 0 amide bonds. The fraction of sp³-hybridized carbons (Fsp3) is 0.190. The Hall–Kier alpha value is -3.41. The van der Waals surface area contributed by atoms with Gasteiger partial charge in [-0.2, -0.15) is 18.3 Å². The first kappa shape index (κ1) is 22.8. The van der Waals surface area contributed by atoms with Crippen LogP contribution in [0, 0.1) is 5.82 Å². The maximum Gasteiger partial charge on any atom is 0.416 e. The van der Waals surface area contributed by atoms with E-state index in [0.717, 1.165) is 52.9 Å². The zero-order chi connectivity index (χ0) is 24.0. The van der Waals surface area contributed by atoms with Crippen LogP contribution in [0.1, 0.15) is 27.9 Å². The van der Waals surface area contributed by atoms with E-state index >= 15 is 0 Å². The van der Waals surface area contributed by atoms with Crippen molar-refractivity contribution in [2.24, 2.45) is 5.10 Å². The van der Waals surface area contributed by atoms with E-state index in [1.165, 1.54) is 17.5 Å². The SMILES string of the molecule is O=C(O)c1cc(F)ccc1/C=N/N(c1nc(-c2ccc(C(F)(F)F)cc2)cs1)C1CC1(F)F. The molecule has 1 N–H and O–H groups in total. The third-order valence-corrected chi connectivity index (χ3v) is 5.68. The highest BCUT2D eigenvalue weighted by atomic mass is 32.1. The number of anilines is 1. The maximum atomic E-state index is 13.8. The van der Waals surface area contributed by atoms with Gasteiger partial charge in [-0.3, -0.25) is 0 Å². The topological polar surface area (TPSA) is 65.8 Å². The summed E-state index contributed by atoms with van der Waals surface area (Å²) in [5.41, 5.74) is -0.619. The smallest absolute Gasteiger partial charge is 0.416 e. The molecular formula is C21H13F6N3O2S. The highest BCUT2D eigenvalue weighted by Crippen LogP contribution is 2.48. The summed E-state index contributed by atoms with van der Waals surface area (Å²) >= 11 is 0.949. The Balaban J connectivity index is 1.64. The number of carboxylic acid groups (broad SMARTS) is 1. The Morgan fingerprint density at radius 1 is 1.21 bits per heavy atom. The van der Waals surface area contributed by atoms with Gasteiger partial charge in [-0.25, -0.2) is 28.0 Å². The van der Waals surface area contributed by atoms with E-state index in [1.54, 1.807) is 0 Å². The van der Waals surface area contributed by atoms with E-state index in [2.05, 4.69) is 10.1 Å². The highest BCUT2D eigenvalue weighted by Gasteiger charge is 2.61. The predicted octanol–water partition coefficient (Wildman–Crippen LogP) is 5.91. The van der Waals surface area contributed by atoms with Crippen LogP contribution in [-0.2, 0) is 6.18 Å². The molecular weight excluding hydrogens is 472 g/mol. The number of nitrogens with zero attached hydrogens (tertiary/aromatic N) is 3. The number of rotatable bonds is 6. The summed E-state index contributed by atoms with van der Waals surface area (Å²) in [5, 5.41) is 15.7.